The standard InChI is InChI=1S/C15H17N3O3/c1-17(9-4-8-16)15(21)18-10-7-11-5-2-3-6-12(11)13(18)14(19)20/h2-3,5-6,13H,4,7,9-10H2,1H3,(H,19,20). The summed E-state index contributed by atoms with van der Waals surface area (Å²) in [5, 5.41) is 18.1. The number of benzene rings is 1. The van der Waals surface area contributed by atoms with Gasteiger partial charge in [-0.1, -0.05) is 24.3 Å². The molecule has 0 bridgehead atoms. The molecule has 6 nitrogen and oxygen atoms in total. The minimum Gasteiger partial charge on any atom is -0.479 e. The van der Waals surface area contributed by atoms with Gasteiger partial charge in [-0.25, -0.2) is 9.59 Å². The van der Waals surface area contributed by atoms with Gasteiger partial charge in [-0.15, -0.1) is 0 Å². The van der Waals surface area contributed by atoms with Gasteiger partial charge in [0.15, 0.2) is 6.04 Å². The van der Waals surface area contributed by atoms with Gasteiger partial charge in [-0.2, -0.15) is 5.26 Å². The van der Waals surface area contributed by atoms with Crippen LogP contribution in [0.2, 0.25) is 0 Å². The van der Waals surface area contributed by atoms with Gasteiger partial charge in [0.1, 0.15) is 0 Å². The van der Waals surface area contributed by atoms with Crippen molar-refractivity contribution in [3.05, 3.63) is 35.4 Å². The molecule has 0 aliphatic carbocycles. The Balaban J connectivity index is 2.26. The predicted octanol–water partition coefficient (Wildman–Crippen LogP) is 1.64. The monoisotopic (exact) mass is 287 g/mol. The number of carbonyl (C=O) groups is 2. The molecule has 0 radical (unpaired) electrons. The molecule has 1 unspecified atom stereocenters. The summed E-state index contributed by atoms with van der Waals surface area (Å²) in [4.78, 5) is 26.8. The van der Waals surface area contributed by atoms with Gasteiger partial charge in [0.05, 0.1) is 12.5 Å². The molecule has 1 aromatic rings. The summed E-state index contributed by atoms with van der Waals surface area (Å²) in [5.41, 5.74) is 1.63. The lowest BCUT2D eigenvalue weighted by atomic mass is 9.93. The Bertz CT molecular complexity index is 594. The normalized spacial score (nSPS) is 16.8. The lowest BCUT2D eigenvalue weighted by Gasteiger charge is -2.36. The van der Waals surface area contributed by atoms with Crippen LogP contribution < -0.4 is 0 Å². The molecule has 0 saturated heterocycles. The Morgan fingerprint density at radius 3 is 2.86 bits per heavy atom. The summed E-state index contributed by atoms with van der Waals surface area (Å²) in [7, 11) is 1.58. The smallest absolute Gasteiger partial charge is 0.331 e. The summed E-state index contributed by atoms with van der Waals surface area (Å²) >= 11 is 0. The second-order valence-electron chi connectivity index (χ2n) is 5.00. The van der Waals surface area contributed by atoms with E-state index in [1.807, 2.05) is 18.2 Å². The molecular formula is C15H17N3O3. The number of rotatable bonds is 3. The fourth-order valence-corrected chi connectivity index (χ4v) is 2.57. The highest BCUT2D eigenvalue weighted by Gasteiger charge is 2.36. The van der Waals surface area contributed by atoms with Crippen molar-refractivity contribution in [3.8, 4) is 6.07 Å². The first-order valence-electron chi connectivity index (χ1n) is 6.75. The first-order valence-corrected chi connectivity index (χ1v) is 6.75. The van der Waals surface area contributed by atoms with Crippen LogP contribution in [0.3, 0.4) is 0 Å². The highest BCUT2D eigenvalue weighted by Crippen LogP contribution is 2.30. The zero-order valence-corrected chi connectivity index (χ0v) is 11.8. The maximum atomic E-state index is 12.4. The summed E-state index contributed by atoms with van der Waals surface area (Å²) in [5.74, 6) is -1.04. The number of carbonyl (C=O) groups excluding carboxylic acids is 1. The van der Waals surface area contributed by atoms with Crippen molar-refractivity contribution < 1.29 is 14.7 Å². The molecule has 6 heteroatoms. The summed E-state index contributed by atoms with van der Waals surface area (Å²) in [6.07, 6.45) is 0.863. The Morgan fingerprint density at radius 2 is 2.19 bits per heavy atom. The zero-order chi connectivity index (χ0) is 15.4. The van der Waals surface area contributed by atoms with E-state index in [1.165, 1.54) is 9.80 Å². The van der Waals surface area contributed by atoms with E-state index < -0.39 is 12.0 Å². The molecular weight excluding hydrogens is 270 g/mol. The molecule has 1 aliphatic heterocycles. The Kier molecular flexibility index (Phi) is 4.43. The molecule has 2 rings (SSSR count). The van der Waals surface area contributed by atoms with E-state index in [4.69, 9.17) is 5.26 Å². The van der Waals surface area contributed by atoms with E-state index in [-0.39, 0.29) is 12.5 Å². The number of amides is 2. The second-order valence-corrected chi connectivity index (χ2v) is 5.00. The number of nitriles is 1. The summed E-state index contributed by atoms with van der Waals surface area (Å²) in [6, 6.07) is 7.95. The third-order valence-corrected chi connectivity index (χ3v) is 3.65. The third kappa shape index (κ3) is 2.97. The van der Waals surface area contributed by atoms with Crippen molar-refractivity contribution >= 4 is 12.0 Å². The summed E-state index contributed by atoms with van der Waals surface area (Å²) in [6.45, 7) is 0.656. The molecule has 2 amide bonds. The number of hydrogen-bond donors (Lipinski definition) is 1. The lowest BCUT2D eigenvalue weighted by molar-refractivity contribution is -0.143. The molecule has 0 aromatic heterocycles. The van der Waals surface area contributed by atoms with Crippen LogP contribution in [0.15, 0.2) is 24.3 Å². The average Bonchev–Trinajstić information content (AvgIpc) is 2.50. The van der Waals surface area contributed by atoms with Crippen molar-refractivity contribution in [1.29, 1.82) is 5.26 Å². The topological polar surface area (TPSA) is 84.6 Å². The molecule has 21 heavy (non-hydrogen) atoms. The maximum Gasteiger partial charge on any atom is 0.331 e. The number of fused-ring (bicyclic) bond motifs is 1. The van der Waals surface area contributed by atoms with E-state index >= 15 is 0 Å². The van der Waals surface area contributed by atoms with Crippen LogP contribution in [0.25, 0.3) is 0 Å². The molecule has 1 atom stereocenters. The van der Waals surface area contributed by atoms with Crippen LogP contribution in [0.5, 0.6) is 0 Å². The van der Waals surface area contributed by atoms with Crippen LogP contribution in [-0.2, 0) is 11.2 Å². The van der Waals surface area contributed by atoms with Crippen molar-refractivity contribution in [2.45, 2.75) is 18.9 Å². The Hall–Kier alpha value is -2.55. The SMILES string of the molecule is CN(CCC#N)C(=O)N1CCc2ccccc2C1C(=O)O. The number of hydrogen-bond acceptors (Lipinski definition) is 3. The highest BCUT2D eigenvalue weighted by atomic mass is 16.4. The van der Waals surface area contributed by atoms with E-state index in [0.29, 0.717) is 25.1 Å². The van der Waals surface area contributed by atoms with E-state index in [0.717, 1.165) is 5.56 Å². The second kappa shape index (κ2) is 6.27. The van der Waals surface area contributed by atoms with Gasteiger partial charge < -0.3 is 14.9 Å². The fraction of sp³-hybridized carbons (Fsp3) is 0.400. The van der Waals surface area contributed by atoms with Gasteiger partial charge in [-0.05, 0) is 17.5 Å². The van der Waals surface area contributed by atoms with Gasteiger partial charge in [0, 0.05) is 20.1 Å². The van der Waals surface area contributed by atoms with Crippen molar-refractivity contribution in [2.75, 3.05) is 20.1 Å². The molecule has 110 valence electrons. The number of nitrogens with zero attached hydrogens (tertiary/aromatic N) is 3. The largest absolute Gasteiger partial charge is 0.479 e. The van der Waals surface area contributed by atoms with Crippen molar-refractivity contribution in [3.63, 3.8) is 0 Å². The van der Waals surface area contributed by atoms with Crippen molar-refractivity contribution in [1.82, 2.24) is 9.80 Å². The molecule has 0 saturated carbocycles. The third-order valence-electron chi connectivity index (χ3n) is 3.65. The van der Waals surface area contributed by atoms with Crippen LogP contribution in [0.4, 0.5) is 4.79 Å². The zero-order valence-electron chi connectivity index (χ0n) is 11.8. The van der Waals surface area contributed by atoms with E-state index in [9.17, 15) is 14.7 Å². The van der Waals surface area contributed by atoms with Crippen LogP contribution in [0.1, 0.15) is 23.6 Å². The number of urea groups is 1. The van der Waals surface area contributed by atoms with Crippen LogP contribution in [-0.4, -0.2) is 47.0 Å². The van der Waals surface area contributed by atoms with Gasteiger partial charge in [0.2, 0.25) is 0 Å². The fourth-order valence-electron chi connectivity index (χ4n) is 2.57. The first kappa shape index (κ1) is 14.9. The Morgan fingerprint density at radius 1 is 1.48 bits per heavy atom. The van der Waals surface area contributed by atoms with Gasteiger partial charge in [0.25, 0.3) is 0 Å². The first-order chi connectivity index (χ1) is 10.1. The molecule has 1 heterocycles. The van der Waals surface area contributed by atoms with E-state index in [2.05, 4.69) is 0 Å². The minimum atomic E-state index is -1.04. The molecule has 1 aromatic carbocycles. The quantitative estimate of drug-likeness (QED) is 0.915. The predicted molar refractivity (Wildman–Crippen MR) is 75.5 cm³/mol. The molecule has 1 aliphatic rings. The maximum absolute atomic E-state index is 12.4. The number of aliphatic carboxylic acids is 1. The Labute approximate surface area is 123 Å². The highest BCUT2D eigenvalue weighted by molar-refractivity contribution is 5.84. The molecule has 0 spiro atoms. The van der Waals surface area contributed by atoms with E-state index in [1.54, 1.807) is 19.2 Å². The average molecular weight is 287 g/mol. The van der Waals surface area contributed by atoms with Gasteiger partial charge in [-0.3, -0.25) is 0 Å². The summed E-state index contributed by atoms with van der Waals surface area (Å²) < 4.78 is 0. The minimum absolute atomic E-state index is 0.227. The van der Waals surface area contributed by atoms with Crippen LogP contribution in [0, 0.1) is 11.3 Å². The van der Waals surface area contributed by atoms with Gasteiger partial charge >= 0.3 is 12.0 Å². The molecule has 1 N–H and O–H groups in total. The van der Waals surface area contributed by atoms with Crippen LogP contribution >= 0.6 is 0 Å². The lowest BCUT2D eigenvalue weighted by Crippen LogP contribution is -2.48. The number of carboxylic acid groups (broad SMARTS) is 1. The van der Waals surface area contributed by atoms with Crippen molar-refractivity contribution in [2.24, 2.45) is 0 Å². The molecule has 0 fully saturated rings. The number of carboxylic acids is 1.